The van der Waals surface area contributed by atoms with Gasteiger partial charge in [-0.3, -0.25) is 9.69 Å². The van der Waals surface area contributed by atoms with Gasteiger partial charge >= 0.3 is 0 Å². The van der Waals surface area contributed by atoms with Crippen LogP contribution >= 0.6 is 23.1 Å². The first-order chi connectivity index (χ1) is 15.3. The second-order valence-corrected chi connectivity index (χ2v) is 10.5. The number of thioether (sulfide) groups is 1. The molecule has 1 saturated carbocycles. The van der Waals surface area contributed by atoms with Gasteiger partial charge in [0.25, 0.3) is 0 Å². The van der Waals surface area contributed by atoms with Crippen LogP contribution < -0.4 is 4.90 Å². The normalized spacial score (nSPS) is 14.7. The van der Waals surface area contributed by atoms with E-state index < -0.39 is 0 Å². The van der Waals surface area contributed by atoms with Gasteiger partial charge in [-0.05, 0) is 51.7 Å². The van der Waals surface area contributed by atoms with E-state index in [1.807, 2.05) is 12.3 Å². The van der Waals surface area contributed by atoms with Crippen molar-refractivity contribution < 1.29 is 4.79 Å². The molecule has 0 radical (unpaired) electrons. The number of thiazole rings is 1. The van der Waals surface area contributed by atoms with Crippen LogP contribution in [0.5, 0.6) is 0 Å². The van der Waals surface area contributed by atoms with Crippen molar-refractivity contribution in [3.63, 3.8) is 0 Å². The van der Waals surface area contributed by atoms with E-state index in [1.165, 1.54) is 49.0 Å². The molecule has 0 atom stereocenters. The molecule has 3 aromatic rings. The molecule has 0 saturated heterocycles. The summed E-state index contributed by atoms with van der Waals surface area (Å²) in [5.74, 6) is 1.67. The van der Waals surface area contributed by atoms with E-state index in [9.17, 15) is 4.79 Å². The van der Waals surface area contributed by atoms with Crippen LogP contribution in [0, 0.1) is 27.7 Å². The molecule has 0 unspecified atom stereocenters. The van der Waals surface area contributed by atoms with Crippen LogP contribution in [0.1, 0.15) is 73.3 Å². The minimum atomic E-state index is -0.0266. The molecule has 8 heteroatoms. The molecule has 4 rings (SSSR count). The molecule has 1 amide bonds. The lowest BCUT2D eigenvalue weighted by atomic mass is 9.95. The zero-order valence-corrected chi connectivity index (χ0v) is 21.1. The fourth-order valence-corrected chi connectivity index (χ4v) is 6.65. The summed E-state index contributed by atoms with van der Waals surface area (Å²) < 4.78 is 2.32. The fourth-order valence-electron chi connectivity index (χ4n) is 4.72. The largest absolute Gasteiger partial charge is 0.303 e. The quantitative estimate of drug-likeness (QED) is 0.388. The Labute approximate surface area is 198 Å². The third-order valence-electron chi connectivity index (χ3n) is 6.03. The van der Waals surface area contributed by atoms with Gasteiger partial charge in [-0.15, -0.1) is 21.5 Å². The van der Waals surface area contributed by atoms with Crippen molar-refractivity contribution in [2.24, 2.45) is 0 Å². The van der Waals surface area contributed by atoms with Crippen molar-refractivity contribution >= 4 is 39.8 Å². The summed E-state index contributed by atoms with van der Waals surface area (Å²) in [7, 11) is 0. The summed E-state index contributed by atoms with van der Waals surface area (Å²) in [6, 6.07) is 4.74. The van der Waals surface area contributed by atoms with Crippen molar-refractivity contribution in [1.82, 2.24) is 19.7 Å². The van der Waals surface area contributed by atoms with Gasteiger partial charge in [0.15, 0.2) is 10.3 Å². The summed E-state index contributed by atoms with van der Waals surface area (Å²) in [5.41, 5.74) is 5.25. The van der Waals surface area contributed by atoms with Gasteiger partial charge in [0, 0.05) is 24.1 Å². The highest BCUT2D eigenvalue weighted by molar-refractivity contribution is 7.98. The summed E-state index contributed by atoms with van der Waals surface area (Å²) in [6.07, 6.45) is 6.29. The van der Waals surface area contributed by atoms with Crippen molar-refractivity contribution in [1.29, 1.82) is 0 Å². The maximum Gasteiger partial charge on any atom is 0.230 e. The van der Waals surface area contributed by atoms with Crippen molar-refractivity contribution in [3.05, 3.63) is 45.7 Å². The zero-order chi connectivity index (χ0) is 22.8. The van der Waals surface area contributed by atoms with Gasteiger partial charge in [0.1, 0.15) is 5.82 Å². The fraction of sp³-hybridized carbons (Fsp3) is 0.500. The minimum absolute atomic E-state index is 0.0266. The lowest BCUT2D eigenvalue weighted by molar-refractivity contribution is -0.115. The molecule has 1 aliphatic carbocycles. The molecular formula is C24H31N5OS2. The number of aryl methyl sites for hydroxylation is 4. The molecule has 2 heterocycles. The molecule has 0 N–H and O–H groups in total. The van der Waals surface area contributed by atoms with Gasteiger partial charge in [-0.25, -0.2) is 4.98 Å². The van der Waals surface area contributed by atoms with Gasteiger partial charge in [-0.2, -0.15) is 0 Å². The highest BCUT2D eigenvalue weighted by Crippen LogP contribution is 2.36. The Morgan fingerprint density at radius 1 is 1.12 bits per heavy atom. The third kappa shape index (κ3) is 4.76. The molecule has 170 valence electrons. The summed E-state index contributed by atoms with van der Waals surface area (Å²) in [6.45, 7) is 9.83. The molecule has 1 aromatic carbocycles. The second-order valence-electron chi connectivity index (χ2n) is 8.70. The Morgan fingerprint density at radius 3 is 2.47 bits per heavy atom. The van der Waals surface area contributed by atoms with E-state index in [4.69, 9.17) is 4.98 Å². The molecule has 0 bridgehead atoms. The van der Waals surface area contributed by atoms with E-state index in [0.29, 0.717) is 16.9 Å². The Bertz CT molecular complexity index is 1090. The Balaban J connectivity index is 1.54. The van der Waals surface area contributed by atoms with Crippen molar-refractivity contribution in [2.75, 3.05) is 4.90 Å². The first kappa shape index (κ1) is 23.0. The highest BCUT2D eigenvalue weighted by Gasteiger charge is 2.23. The summed E-state index contributed by atoms with van der Waals surface area (Å²) in [4.78, 5) is 19.2. The number of aromatic nitrogens is 4. The average Bonchev–Trinajstić information content (AvgIpc) is 3.35. The predicted octanol–water partition coefficient (Wildman–Crippen LogP) is 6.45. The van der Waals surface area contributed by atoms with E-state index in [0.717, 1.165) is 33.5 Å². The number of carbonyl (C=O) groups is 1. The second kappa shape index (κ2) is 9.75. The third-order valence-corrected chi connectivity index (χ3v) is 7.88. The highest BCUT2D eigenvalue weighted by atomic mass is 32.2. The lowest BCUT2D eigenvalue weighted by Crippen LogP contribution is -2.24. The number of hydrogen-bond donors (Lipinski definition) is 0. The van der Waals surface area contributed by atoms with Crippen LogP contribution in [-0.2, 0) is 10.5 Å². The monoisotopic (exact) mass is 469 g/mol. The van der Waals surface area contributed by atoms with Gasteiger partial charge in [0.05, 0.1) is 11.4 Å². The van der Waals surface area contributed by atoms with Crippen LogP contribution in [0.4, 0.5) is 10.8 Å². The number of benzene rings is 1. The van der Waals surface area contributed by atoms with Crippen molar-refractivity contribution in [2.45, 2.75) is 83.7 Å². The molecule has 2 aromatic heterocycles. The van der Waals surface area contributed by atoms with Crippen molar-refractivity contribution in [3.8, 4) is 0 Å². The molecule has 0 spiro atoms. The number of amides is 1. The van der Waals surface area contributed by atoms with Gasteiger partial charge < -0.3 is 4.57 Å². The van der Waals surface area contributed by atoms with Gasteiger partial charge in [0.2, 0.25) is 5.91 Å². The molecule has 0 aliphatic heterocycles. The SMILES string of the molecule is CC(=O)N(c1nc(CSc2nnc(C)n2C2CCCCC2)cs1)c1c(C)cc(C)cc1C. The minimum Gasteiger partial charge on any atom is -0.303 e. The van der Waals surface area contributed by atoms with E-state index in [1.54, 1.807) is 23.6 Å². The number of anilines is 2. The molecule has 1 fully saturated rings. The standard InChI is InChI=1S/C24H31N5OS2/c1-15-11-16(2)22(17(3)12-15)29(19(5)30)23-25-20(13-31-23)14-32-24-27-26-18(4)28(24)21-9-7-6-8-10-21/h11-13,21H,6-10,14H2,1-5H3. The predicted molar refractivity (Wildman–Crippen MR) is 132 cm³/mol. The topological polar surface area (TPSA) is 63.9 Å². The van der Waals surface area contributed by atoms with Crippen LogP contribution in [0.15, 0.2) is 22.7 Å². The molecule has 32 heavy (non-hydrogen) atoms. The molecular weight excluding hydrogens is 438 g/mol. The van der Waals surface area contributed by atoms with E-state index >= 15 is 0 Å². The maximum atomic E-state index is 12.6. The zero-order valence-electron chi connectivity index (χ0n) is 19.5. The smallest absolute Gasteiger partial charge is 0.230 e. The first-order valence-electron chi connectivity index (χ1n) is 11.2. The lowest BCUT2D eigenvalue weighted by Gasteiger charge is -2.24. The van der Waals surface area contributed by atoms with Crippen LogP contribution in [0.3, 0.4) is 0 Å². The Kier molecular flexibility index (Phi) is 7.00. The number of hydrogen-bond acceptors (Lipinski definition) is 6. The number of nitrogens with zero attached hydrogens (tertiary/aromatic N) is 5. The van der Waals surface area contributed by atoms with E-state index in [2.05, 4.69) is 47.7 Å². The van der Waals surface area contributed by atoms with Crippen LogP contribution in [0.2, 0.25) is 0 Å². The molecule has 1 aliphatic rings. The number of carbonyl (C=O) groups excluding carboxylic acids is 1. The Hall–Kier alpha value is -2.19. The van der Waals surface area contributed by atoms with Crippen LogP contribution in [-0.4, -0.2) is 25.7 Å². The Morgan fingerprint density at radius 2 is 1.81 bits per heavy atom. The molecule has 6 nitrogen and oxygen atoms in total. The summed E-state index contributed by atoms with van der Waals surface area (Å²) in [5, 5.41) is 12.5. The van der Waals surface area contributed by atoms with Crippen LogP contribution in [0.25, 0.3) is 0 Å². The number of rotatable bonds is 6. The average molecular weight is 470 g/mol. The van der Waals surface area contributed by atoms with Gasteiger partial charge in [-0.1, -0.05) is 48.7 Å². The summed E-state index contributed by atoms with van der Waals surface area (Å²) >= 11 is 3.20. The van der Waals surface area contributed by atoms with E-state index in [-0.39, 0.29) is 5.91 Å². The first-order valence-corrected chi connectivity index (χ1v) is 13.1. The maximum absolute atomic E-state index is 12.6.